The molecule has 3 aromatic carbocycles. The lowest BCUT2D eigenvalue weighted by Crippen LogP contribution is -2.52. The highest BCUT2D eigenvalue weighted by Crippen LogP contribution is 2.39. The second-order valence-electron chi connectivity index (χ2n) is 9.42. The third-order valence-electron chi connectivity index (χ3n) is 6.56. The molecule has 0 saturated heterocycles. The molecule has 4 rings (SSSR count). The Bertz CT molecular complexity index is 1350. The number of benzene rings is 3. The minimum Gasteiger partial charge on any atom is -0.478 e. The molecule has 1 N–H and O–H groups in total. The molecule has 1 atom stereocenters. The van der Waals surface area contributed by atoms with Crippen LogP contribution in [0.25, 0.3) is 0 Å². The van der Waals surface area contributed by atoms with Crippen molar-refractivity contribution in [2.24, 2.45) is 0 Å². The van der Waals surface area contributed by atoms with Crippen LogP contribution >= 0.6 is 0 Å². The van der Waals surface area contributed by atoms with Crippen LogP contribution in [-0.4, -0.2) is 51.1 Å². The van der Waals surface area contributed by atoms with Gasteiger partial charge in [0.1, 0.15) is 6.61 Å². The molecule has 206 valence electrons. The predicted octanol–water partition coefficient (Wildman–Crippen LogP) is 4.93. The van der Waals surface area contributed by atoms with Gasteiger partial charge in [-0.15, -0.1) is 0 Å². The summed E-state index contributed by atoms with van der Waals surface area (Å²) in [5.74, 6) is -1.58. The molecule has 0 aliphatic rings. The SMILES string of the molecule is CCN(Cc1ccccc1)C(=O)COC(c1ccccc1)(c1ccccc1)[C@H](Oc1nc(C)cc(C)n1)C(=O)O. The van der Waals surface area contributed by atoms with Gasteiger partial charge in [-0.3, -0.25) is 4.79 Å². The van der Waals surface area contributed by atoms with Crippen LogP contribution in [-0.2, 0) is 26.5 Å². The van der Waals surface area contributed by atoms with E-state index in [1.165, 1.54) is 0 Å². The van der Waals surface area contributed by atoms with Crippen molar-refractivity contribution in [3.8, 4) is 6.01 Å². The summed E-state index contributed by atoms with van der Waals surface area (Å²) in [6.07, 6.45) is -1.63. The average Bonchev–Trinajstić information content (AvgIpc) is 2.96. The van der Waals surface area contributed by atoms with Gasteiger partial charge in [0.25, 0.3) is 0 Å². The molecule has 0 aliphatic heterocycles. The van der Waals surface area contributed by atoms with Crippen LogP contribution in [0.5, 0.6) is 6.01 Å². The zero-order valence-electron chi connectivity index (χ0n) is 22.9. The number of carboxylic acid groups (broad SMARTS) is 1. The number of hydrogen-bond acceptors (Lipinski definition) is 6. The van der Waals surface area contributed by atoms with Crippen LogP contribution in [0.15, 0.2) is 97.1 Å². The van der Waals surface area contributed by atoms with Gasteiger partial charge >= 0.3 is 12.0 Å². The number of carboxylic acids is 1. The molecule has 0 radical (unpaired) electrons. The number of ether oxygens (including phenoxy) is 2. The van der Waals surface area contributed by atoms with Crippen molar-refractivity contribution >= 4 is 11.9 Å². The second kappa shape index (κ2) is 13.0. The molecule has 0 spiro atoms. The molecule has 8 heteroatoms. The van der Waals surface area contributed by atoms with Gasteiger partial charge in [0, 0.05) is 24.5 Å². The number of aromatic nitrogens is 2. The second-order valence-corrected chi connectivity index (χ2v) is 9.42. The fraction of sp³-hybridized carbons (Fsp3) is 0.250. The van der Waals surface area contributed by atoms with Crippen molar-refractivity contribution in [1.82, 2.24) is 14.9 Å². The Morgan fingerprint density at radius 2 is 1.35 bits per heavy atom. The van der Waals surface area contributed by atoms with Crippen LogP contribution < -0.4 is 4.74 Å². The monoisotopic (exact) mass is 539 g/mol. The topological polar surface area (TPSA) is 102 Å². The van der Waals surface area contributed by atoms with E-state index >= 15 is 0 Å². The quantitative estimate of drug-likeness (QED) is 0.272. The summed E-state index contributed by atoms with van der Waals surface area (Å²) in [7, 11) is 0. The van der Waals surface area contributed by atoms with Crippen LogP contribution in [0.2, 0.25) is 0 Å². The third kappa shape index (κ3) is 6.52. The van der Waals surface area contributed by atoms with Crippen molar-refractivity contribution < 1.29 is 24.2 Å². The molecule has 1 amide bonds. The first-order chi connectivity index (χ1) is 19.3. The maximum atomic E-state index is 13.5. The lowest BCUT2D eigenvalue weighted by atomic mass is 9.81. The fourth-order valence-electron chi connectivity index (χ4n) is 4.69. The molecule has 4 aromatic rings. The van der Waals surface area contributed by atoms with Crippen molar-refractivity contribution in [2.45, 2.75) is 39.0 Å². The number of aryl methyl sites for hydroxylation is 2. The Hall–Kier alpha value is -4.56. The van der Waals surface area contributed by atoms with E-state index in [4.69, 9.17) is 9.47 Å². The first-order valence-electron chi connectivity index (χ1n) is 13.1. The van der Waals surface area contributed by atoms with Crippen LogP contribution in [0.3, 0.4) is 0 Å². The van der Waals surface area contributed by atoms with E-state index in [2.05, 4.69) is 9.97 Å². The van der Waals surface area contributed by atoms with E-state index < -0.39 is 17.7 Å². The van der Waals surface area contributed by atoms with Crippen LogP contribution in [0, 0.1) is 13.8 Å². The van der Waals surface area contributed by atoms with Gasteiger partial charge in [0.05, 0.1) is 0 Å². The van der Waals surface area contributed by atoms with E-state index in [9.17, 15) is 14.7 Å². The lowest BCUT2D eigenvalue weighted by Gasteiger charge is -2.39. The fourth-order valence-corrected chi connectivity index (χ4v) is 4.69. The molecule has 1 heterocycles. The Morgan fingerprint density at radius 3 is 1.82 bits per heavy atom. The molecule has 0 saturated carbocycles. The summed E-state index contributed by atoms with van der Waals surface area (Å²) in [5.41, 5.74) is 1.55. The number of carbonyl (C=O) groups excluding carboxylic acids is 1. The number of aliphatic carboxylic acids is 1. The molecular weight excluding hydrogens is 506 g/mol. The first kappa shape index (κ1) is 28.4. The molecule has 0 fully saturated rings. The summed E-state index contributed by atoms with van der Waals surface area (Å²) in [6.45, 7) is 5.92. The van der Waals surface area contributed by atoms with E-state index in [1.807, 2.05) is 49.4 Å². The number of amides is 1. The summed E-state index contributed by atoms with van der Waals surface area (Å²) >= 11 is 0. The molecule has 0 aliphatic carbocycles. The van der Waals surface area contributed by atoms with Crippen molar-refractivity contribution in [3.05, 3.63) is 125 Å². The molecule has 1 aromatic heterocycles. The molecule has 0 unspecified atom stereocenters. The number of nitrogens with zero attached hydrogens (tertiary/aromatic N) is 3. The summed E-state index contributed by atoms with van der Waals surface area (Å²) in [5, 5.41) is 10.6. The van der Waals surface area contributed by atoms with Crippen molar-refractivity contribution in [2.75, 3.05) is 13.2 Å². The van der Waals surface area contributed by atoms with Gasteiger partial charge in [0.2, 0.25) is 12.0 Å². The lowest BCUT2D eigenvalue weighted by molar-refractivity contribution is -0.169. The third-order valence-corrected chi connectivity index (χ3v) is 6.56. The van der Waals surface area contributed by atoms with E-state index in [1.54, 1.807) is 73.3 Å². The Kier molecular flexibility index (Phi) is 9.24. The van der Waals surface area contributed by atoms with Gasteiger partial charge in [-0.2, -0.15) is 0 Å². The van der Waals surface area contributed by atoms with Gasteiger partial charge in [-0.25, -0.2) is 14.8 Å². The van der Waals surface area contributed by atoms with E-state index in [0.717, 1.165) is 5.56 Å². The zero-order chi connectivity index (χ0) is 28.5. The minimum atomic E-state index is -1.71. The predicted molar refractivity (Wildman–Crippen MR) is 151 cm³/mol. The van der Waals surface area contributed by atoms with Crippen molar-refractivity contribution in [3.63, 3.8) is 0 Å². The Balaban J connectivity index is 1.79. The Labute approximate surface area is 234 Å². The maximum Gasteiger partial charge on any atom is 0.348 e. The normalized spacial score (nSPS) is 12.0. The van der Waals surface area contributed by atoms with Crippen molar-refractivity contribution in [1.29, 1.82) is 0 Å². The largest absolute Gasteiger partial charge is 0.478 e. The average molecular weight is 540 g/mol. The smallest absolute Gasteiger partial charge is 0.348 e. The van der Waals surface area contributed by atoms with Crippen LogP contribution in [0.4, 0.5) is 0 Å². The highest BCUT2D eigenvalue weighted by atomic mass is 16.6. The maximum absolute atomic E-state index is 13.5. The highest BCUT2D eigenvalue weighted by Gasteiger charge is 2.50. The zero-order valence-corrected chi connectivity index (χ0v) is 22.9. The number of rotatable bonds is 12. The minimum absolute atomic E-state index is 0.0877. The van der Waals surface area contributed by atoms with Gasteiger partial charge < -0.3 is 19.5 Å². The number of carbonyl (C=O) groups is 2. The summed E-state index contributed by atoms with van der Waals surface area (Å²) in [4.78, 5) is 36.8. The molecular formula is C32H33N3O5. The number of likely N-dealkylation sites (N-methyl/N-ethyl adjacent to an activating group) is 1. The van der Waals surface area contributed by atoms with Crippen LogP contribution in [0.1, 0.15) is 35.0 Å². The molecule has 0 bridgehead atoms. The first-order valence-corrected chi connectivity index (χ1v) is 13.1. The van der Waals surface area contributed by atoms with Gasteiger partial charge in [-0.05, 0) is 43.5 Å². The van der Waals surface area contributed by atoms with Gasteiger partial charge in [0.15, 0.2) is 5.60 Å². The highest BCUT2D eigenvalue weighted by molar-refractivity contribution is 5.79. The Morgan fingerprint density at radius 1 is 0.850 bits per heavy atom. The van der Waals surface area contributed by atoms with E-state index in [-0.39, 0.29) is 18.5 Å². The summed E-state index contributed by atoms with van der Waals surface area (Å²) in [6, 6.07) is 29.2. The van der Waals surface area contributed by atoms with Gasteiger partial charge in [-0.1, -0.05) is 91.0 Å². The molecule has 8 nitrogen and oxygen atoms in total. The van der Waals surface area contributed by atoms with E-state index in [0.29, 0.717) is 35.6 Å². The standard InChI is InChI=1S/C32H33N3O5/c1-4-35(21-25-14-8-5-9-15-25)28(36)22-39-32(26-16-10-6-11-17-26,27-18-12-7-13-19-27)29(30(37)38)40-31-33-23(2)20-24(3)34-31/h5-20,29H,4,21-22H2,1-3H3,(H,37,38)/t29-/m1/s1. The number of hydrogen-bond donors (Lipinski definition) is 1. The molecule has 40 heavy (non-hydrogen) atoms. The summed E-state index contributed by atoms with van der Waals surface area (Å²) < 4.78 is 12.5.